The number of H-pyrrole nitrogens is 1. The second kappa shape index (κ2) is 13.3. The number of hydrogen-bond acceptors (Lipinski definition) is 6. The van der Waals surface area contributed by atoms with Crippen LogP contribution in [-0.2, 0) is 17.6 Å². The summed E-state index contributed by atoms with van der Waals surface area (Å²) in [6, 6.07) is 18.9. The summed E-state index contributed by atoms with van der Waals surface area (Å²) in [5.41, 5.74) is 7.08. The van der Waals surface area contributed by atoms with Crippen LogP contribution in [0.3, 0.4) is 0 Å². The van der Waals surface area contributed by atoms with E-state index >= 15 is 0 Å². The first kappa shape index (κ1) is 29.9. The van der Waals surface area contributed by atoms with E-state index in [2.05, 4.69) is 42.6 Å². The number of carboxylic acid groups (broad SMARTS) is 1. The van der Waals surface area contributed by atoms with Gasteiger partial charge in [0.15, 0.2) is 0 Å². The number of carbonyl (C=O) groups excluding carboxylic acids is 1. The predicted molar refractivity (Wildman–Crippen MR) is 176 cm³/mol. The number of imidazole rings is 2. The van der Waals surface area contributed by atoms with Crippen LogP contribution in [0.4, 0.5) is 11.6 Å². The minimum Gasteiger partial charge on any atom is -0.480 e. The molecule has 3 aromatic carbocycles. The van der Waals surface area contributed by atoms with Gasteiger partial charge >= 0.3 is 5.97 Å². The van der Waals surface area contributed by atoms with Crippen molar-refractivity contribution in [1.82, 2.24) is 24.8 Å². The first-order valence-corrected chi connectivity index (χ1v) is 15.6. The zero-order valence-electron chi connectivity index (χ0n) is 25.7. The van der Waals surface area contributed by atoms with Crippen LogP contribution in [0.1, 0.15) is 46.8 Å². The maximum Gasteiger partial charge on any atom is 0.326 e. The minimum absolute atomic E-state index is 0.199. The number of fused-ring (bicyclic) bond motifs is 1. The molecule has 2 aromatic heterocycles. The molecule has 1 amide bonds. The molecule has 10 heteroatoms. The average Bonchev–Trinajstić information content (AvgIpc) is 3.74. The molecule has 1 saturated heterocycles. The first-order chi connectivity index (χ1) is 21.9. The van der Waals surface area contributed by atoms with E-state index in [1.807, 2.05) is 73.1 Å². The second-order valence-electron chi connectivity index (χ2n) is 11.8. The van der Waals surface area contributed by atoms with Crippen molar-refractivity contribution < 1.29 is 14.7 Å². The number of rotatable bonds is 11. The van der Waals surface area contributed by atoms with Gasteiger partial charge in [0.05, 0.1) is 17.4 Å². The number of aryl methyl sites for hydroxylation is 2. The lowest BCUT2D eigenvalue weighted by molar-refractivity contribution is -0.139. The highest BCUT2D eigenvalue weighted by molar-refractivity contribution is 5.99. The fraction of sp³-hybridized carbons (Fsp3) is 0.314. The summed E-state index contributed by atoms with van der Waals surface area (Å²) in [5.74, 6) is -0.0538. The van der Waals surface area contributed by atoms with Gasteiger partial charge in [0.25, 0.3) is 5.91 Å². The molecule has 0 spiro atoms. The van der Waals surface area contributed by atoms with Crippen molar-refractivity contribution in [3.8, 4) is 5.69 Å². The Hall–Kier alpha value is -5.12. The molecule has 1 fully saturated rings. The fourth-order valence-electron chi connectivity index (χ4n) is 6.19. The highest BCUT2D eigenvalue weighted by Gasteiger charge is 2.25. The molecule has 232 valence electrons. The quantitative estimate of drug-likeness (QED) is 0.159. The Labute approximate surface area is 262 Å². The number of aromatic amines is 1. The number of carbonyl (C=O) groups is 2. The van der Waals surface area contributed by atoms with Gasteiger partial charge in [-0.1, -0.05) is 31.2 Å². The lowest BCUT2D eigenvalue weighted by Crippen LogP contribution is -2.42. The summed E-state index contributed by atoms with van der Waals surface area (Å²) < 4.78 is 1.89. The summed E-state index contributed by atoms with van der Waals surface area (Å²) in [5, 5.41) is 16.2. The predicted octanol–water partition coefficient (Wildman–Crippen LogP) is 5.37. The molecule has 10 nitrogen and oxygen atoms in total. The van der Waals surface area contributed by atoms with Gasteiger partial charge in [0, 0.05) is 55.4 Å². The summed E-state index contributed by atoms with van der Waals surface area (Å²) in [4.78, 5) is 40.0. The van der Waals surface area contributed by atoms with Crippen molar-refractivity contribution in [1.29, 1.82) is 0 Å². The zero-order valence-corrected chi connectivity index (χ0v) is 25.7. The minimum atomic E-state index is -1.06. The SMILES string of the molecule is CCc1cc(-n2ccnc2)cc(C)c1C(=O)NC(Cc1ccc(N2CCC(CNc3nc4ccccc4[nH]3)CC2)cc1)C(=O)O. The monoisotopic (exact) mass is 605 g/mol. The van der Waals surface area contributed by atoms with Gasteiger partial charge in [-0.25, -0.2) is 14.8 Å². The van der Waals surface area contributed by atoms with E-state index in [-0.39, 0.29) is 12.3 Å². The van der Waals surface area contributed by atoms with E-state index in [4.69, 9.17) is 0 Å². The molecule has 0 aliphatic carbocycles. The molecule has 0 radical (unpaired) electrons. The zero-order chi connectivity index (χ0) is 31.3. The lowest BCUT2D eigenvalue weighted by atomic mass is 9.96. The maximum absolute atomic E-state index is 13.4. The smallest absolute Gasteiger partial charge is 0.326 e. The molecule has 1 aliphatic heterocycles. The number of aromatic nitrogens is 4. The number of benzene rings is 3. The van der Waals surface area contributed by atoms with Crippen molar-refractivity contribution in [2.45, 2.75) is 45.6 Å². The van der Waals surface area contributed by atoms with Crippen LogP contribution in [0.2, 0.25) is 0 Å². The van der Waals surface area contributed by atoms with E-state index in [0.717, 1.165) is 77.5 Å². The van der Waals surface area contributed by atoms with Gasteiger partial charge in [-0.2, -0.15) is 0 Å². The number of nitrogens with one attached hydrogen (secondary N) is 3. The summed E-state index contributed by atoms with van der Waals surface area (Å²) in [6.45, 7) is 6.66. The molecule has 1 atom stereocenters. The molecule has 0 bridgehead atoms. The third-order valence-electron chi connectivity index (χ3n) is 8.72. The first-order valence-electron chi connectivity index (χ1n) is 15.6. The number of amides is 1. The number of aliphatic carboxylic acids is 1. The maximum atomic E-state index is 13.4. The van der Waals surface area contributed by atoms with Gasteiger partial charge < -0.3 is 30.2 Å². The van der Waals surface area contributed by atoms with Crippen molar-refractivity contribution in [3.05, 3.63) is 102 Å². The van der Waals surface area contributed by atoms with E-state index in [9.17, 15) is 14.7 Å². The average molecular weight is 606 g/mol. The Morgan fingerprint density at radius 3 is 2.53 bits per heavy atom. The van der Waals surface area contributed by atoms with Crippen molar-refractivity contribution >= 4 is 34.5 Å². The summed E-state index contributed by atoms with van der Waals surface area (Å²) >= 11 is 0. The Bertz CT molecular complexity index is 1740. The van der Waals surface area contributed by atoms with E-state index in [0.29, 0.717) is 17.9 Å². The number of anilines is 2. The van der Waals surface area contributed by atoms with E-state index < -0.39 is 12.0 Å². The molecule has 3 heterocycles. The number of para-hydroxylation sites is 2. The van der Waals surface area contributed by atoms with Gasteiger partial charge in [-0.05, 0) is 85.2 Å². The van der Waals surface area contributed by atoms with Gasteiger partial charge in [0.1, 0.15) is 6.04 Å². The third-order valence-corrected chi connectivity index (χ3v) is 8.72. The Kier molecular flexibility index (Phi) is 8.81. The van der Waals surface area contributed by atoms with E-state index in [1.165, 1.54) is 0 Å². The normalized spacial score (nSPS) is 14.4. The Morgan fingerprint density at radius 2 is 1.84 bits per heavy atom. The highest BCUT2D eigenvalue weighted by atomic mass is 16.4. The molecule has 5 aromatic rings. The topological polar surface area (TPSA) is 128 Å². The summed E-state index contributed by atoms with van der Waals surface area (Å²) in [6.07, 6.45) is 8.26. The van der Waals surface area contributed by atoms with Crippen LogP contribution >= 0.6 is 0 Å². The molecular formula is C35H39N7O3. The largest absolute Gasteiger partial charge is 0.480 e. The van der Waals surface area contributed by atoms with Crippen LogP contribution < -0.4 is 15.5 Å². The standard InChI is InChI=1S/C35H39N7O3/c1-3-26-20-28(42-17-14-36-22-42)18-23(2)32(26)33(43)38-31(34(44)45)19-24-8-10-27(11-9-24)41-15-12-25(13-16-41)21-37-35-39-29-6-4-5-7-30(29)40-35/h4-11,14,17-18,20,22,25,31H,3,12-13,15-16,19,21H2,1-2H3,(H,38,43)(H,44,45)(H2,37,39,40). The molecule has 6 rings (SSSR count). The van der Waals surface area contributed by atoms with E-state index in [1.54, 1.807) is 12.5 Å². The number of carboxylic acids is 1. The van der Waals surface area contributed by atoms with Crippen LogP contribution in [-0.4, -0.2) is 62.2 Å². The Morgan fingerprint density at radius 1 is 1.07 bits per heavy atom. The third kappa shape index (κ3) is 6.85. The summed E-state index contributed by atoms with van der Waals surface area (Å²) in [7, 11) is 0. The lowest BCUT2D eigenvalue weighted by Gasteiger charge is -2.33. The molecule has 45 heavy (non-hydrogen) atoms. The van der Waals surface area contributed by atoms with Gasteiger partial charge in [-0.3, -0.25) is 4.79 Å². The van der Waals surface area contributed by atoms with Gasteiger partial charge in [0.2, 0.25) is 5.95 Å². The van der Waals surface area contributed by atoms with Crippen LogP contribution in [0.15, 0.2) is 79.4 Å². The number of hydrogen-bond donors (Lipinski definition) is 4. The van der Waals surface area contributed by atoms with Crippen LogP contribution in [0.25, 0.3) is 16.7 Å². The van der Waals surface area contributed by atoms with Crippen molar-refractivity contribution in [3.63, 3.8) is 0 Å². The molecular weight excluding hydrogens is 566 g/mol. The van der Waals surface area contributed by atoms with Crippen LogP contribution in [0.5, 0.6) is 0 Å². The molecule has 1 unspecified atom stereocenters. The molecule has 1 aliphatic rings. The van der Waals surface area contributed by atoms with Crippen molar-refractivity contribution in [2.75, 3.05) is 29.9 Å². The van der Waals surface area contributed by atoms with Gasteiger partial charge in [-0.15, -0.1) is 0 Å². The fourth-order valence-corrected chi connectivity index (χ4v) is 6.19. The highest BCUT2D eigenvalue weighted by Crippen LogP contribution is 2.25. The second-order valence-corrected chi connectivity index (χ2v) is 11.8. The van der Waals surface area contributed by atoms with Crippen molar-refractivity contribution in [2.24, 2.45) is 5.92 Å². The number of nitrogens with zero attached hydrogens (tertiary/aromatic N) is 4. The molecule has 4 N–H and O–H groups in total. The number of piperidine rings is 1. The van der Waals surface area contributed by atoms with Crippen LogP contribution in [0, 0.1) is 12.8 Å². The Balaban J connectivity index is 1.03. The molecule has 0 saturated carbocycles.